The molecule has 0 saturated carbocycles. The minimum absolute atomic E-state index is 0.0894. The molecule has 2 aliphatic rings. The van der Waals surface area contributed by atoms with E-state index in [0.29, 0.717) is 0 Å². The summed E-state index contributed by atoms with van der Waals surface area (Å²) >= 11 is 0. The Morgan fingerprint density at radius 2 is 1.89 bits per heavy atom. The van der Waals surface area contributed by atoms with Crippen LogP contribution in [0, 0.1) is 17.0 Å². The van der Waals surface area contributed by atoms with Gasteiger partial charge in [0.1, 0.15) is 0 Å². The molecule has 8 heteroatoms. The Morgan fingerprint density at radius 1 is 1.19 bits per heavy atom. The zero-order chi connectivity index (χ0) is 19.3. The Hall–Kier alpha value is -2.45. The maximum atomic E-state index is 13.4. The Bertz CT molecular complexity index is 1000. The molecule has 0 spiro atoms. The number of quaternary nitrogens is 1. The number of likely N-dealkylation sites (tertiary alicyclic amines) is 1. The van der Waals surface area contributed by atoms with E-state index in [9.17, 15) is 18.5 Å². The van der Waals surface area contributed by atoms with Crippen LogP contribution >= 0.6 is 0 Å². The smallest absolute Gasteiger partial charge is 0.269 e. The summed E-state index contributed by atoms with van der Waals surface area (Å²) in [4.78, 5) is 11.8. The van der Waals surface area contributed by atoms with Crippen molar-refractivity contribution in [3.8, 4) is 0 Å². The summed E-state index contributed by atoms with van der Waals surface area (Å²) in [7, 11) is -1.66. The lowest BCUT2D eigenvalue weighted by molar-refractivity contribution is -0.886. The molecule has 1 saturated heterocycles. The average Bonchev–Trinajstić information content (AvgIpc) is 2.95. The number of rotatable bonds is 3. The third kappa shape index (κ3) is 2.89. The van der Waals surface area contributed by atoms with E-state index in [-0.39, 0.29) is 22.5 Å². The second-order valence-corrected chi connectivity index (χ2v) is 9.30. The fourth-order valence-electron chi connectivity index (χ4n) is 4.32. The molecule has 2 aromatic carbocycles. The van der Waals surface area contributed by atoms with E-state index in [2.05, 4.69) is 13.1 Å². The van der Waals surface area contributed by atoms with Gasteiger partial charge in [0.15, 0.2) is 0 Å². The van der Waals surface area contributed by atoms with Crippen molar-refractivity contribution in [3.63, 3.8) is 0 Å². The number of nitro benzene ring substituents is 1. The van der Waals surface area contributed by atoms with Crippen molar-refractivity contribution in [2.24, 2.45) is 0 Å². The molecule has 7 nitrogen and oxygen atoms in total. The Morgan fingerprint density at radius 3 is 2.56 bits per heavy atom. The second kappa shape index (κ2) is 6.31. The number of nitrogens with one attached hydrogen (secondary N) is 1. The summed E-state index contributed by atoms with van der Waals surface area (Å²) in [5, 5.41) is 10.9. The van der Waals surface area contributed by atoms with Crippen molar-refractivity contribution in [1.29, 1.82) is 0 Å². The lowest BCUT2D eigenvalue weighted by Crippen LogP contribution is -3.11. The first kappa shape index (κ1) is 17.9. The number of benzene rings is 2. The van der Waals surface area contributed by atoms with Crippen molar-refractivity contribution in [3.05, 3.63) is 63.7 Å². The van der Waals surface area contributed by atoms with E-state index in [0.717, 1.165) is 36.3 Å². The van der Waals surface area contributed by atoms with Crippen LogP contribution in [0.5, 0.6) is 0 Å². The lowest BCUT2D eigenvalue weighted by atomic mass is 9.89. The molecule has 142 valence electrons. The summed E-state index contributed by atoms with van der Waals surface area (Å²) in [5.41, 5.74) is 2.82. The maximum Gasteiger partial charge on any atom is 0.269 e. The van der Waals surface area contributed by atoms with Crippen LogP contribution in [0.25, 0.3) is 0 Å². The number of aryl methyl sites for hydroxylation is 1. The number of likely N-dealkylation sites (N-methyl/N-ethyl adjacent to an activating group) is 1. The molecular weight excluding hydrogens is 366 g/mol. The normalized spacial score (nSPS) is 24.4. The highest BCUT2D eigenvalue weighted by molar-refractivity contribution is 7.92. The molecule has 2 aliphatic heterocycles. The molecule has 27 heavy (non-hydrogen) atoms. The van der Waals surface area contributed by atoms with Crippen molar-refractivity contribution in [2.75, 3.05) is 24.4 Å². The van der Waals surface area contributed by atoms with Crippen LogP contribution in [0.15, 0.2) is 47.4 Å². The van der Waals surface area contributed by atoms with E-state index < -0.39 is 14.9 Å². The monoisotopic (exact) mass is 388 g/mol. The lowest BCUT2D eigenvalue weighted by Gasteiger charge is -2.34. The summed E-state index contributed by atoms with van der Waals surface area (Å²) in [6.45, 7) is 3.83. The van der Waals surface area contributed by atoms with E-state index >= 15 is 0 Å². The first-order chi connectivity index (χ1) is 12.8. The van der Waals surface area contributed by atoms with Gasteiger partial charge in [-0.3, -0.25) is 14.4 Å². The number of fused-ring (bicyclic) bond motifs is 3. The number of anilines is 1. The number of sulfonamides is 1. The van der Waals surface area contributed by atoms with Crippen LogP contribution in [0.4, 0.5) is 11.4 Å². The highest BCUT2D eigenvalue weighted by atomic mass is 32.2. The molecular formula is C19H22N3O4S+. The first-order valence-corrected chi connectivity index (χ1v) is 10.4. The van der Waals surface area contributed by atoms with Crippen LogP contribution < -0.4 is 9.21 Å². The van der Waals surface area contributed by atoms with Gasteiger partial charge in [0.2, 0.25) is 0 Å². The SMILES string of the molecule is Cc1ccc2c(c1)[C@@H]1C[NH+](C)CC[C@H]1N2S(=O)(=O)c1ccc([N+](=O)[O-])cc1. The quantitative estimate of drug-likeness (QED) is 0.638. The Balaban J connectivity index is 1.81. The molecule has 0 bridgehead atoms. The molecule has 2 aromatic rings. The predicted molar refractivity (Wildman–Crippen MR) is 102 cm³/mol. The highest BCUT2D eigenvalue weighted by Gasteiger charge is 2.48. The molecule has 2 heterocycles. The Labute approximate surface area is 158 Å². The molecule has 4 rings (SSSR count). The summed E-state index contributed by atoms with van der Waals surface area (Å²) in [6, 6.07) is 11.0. The maximum absolute atomic E-state index is 13.4. The van der Waals surface area contributed by atoms with Crippen LogP contribution in [-0.2, 0) is 10.0 Å². The molecule has 1 N–H and O–H groups in total. The predicted octanol–water partition coefficient (Wildman–Crippen LogP) is 1.48. The number of piperidine rings is 1. The van der Waals surface area contributed by atoms with Gasteiger partial charge in [0.25, 0.3) is 15.7 Å². The fraction of sp³-hybridized carbons (Fsp3) is 0.368. The molecule has 0 amide bonds. The number of nitro groups is 1. The van der Waals surface area contributed by atoms with Crippen LogP contribution in [-0.4, -0.2) is 39.5 Å². The summed E-state index contributed by atoms with van der Waals surface area (Å²) in [6.07, 6.45) is 0.788. The Kier molecular flexibility index (Phi) is 4.20. The number of hydrogen-bond donors (Lipinski definition) is 1. The zero-order valence-electron chi connectivity index (χ0n) is 15.3. The van der Waals surface area contributed by atoms with Gasteiger partial charge in [-0.2, -0.15) is 0 Å². The van der Waals surface area contributed by atoms with Crippen LogP contribution in [0.3, 0.4) is 0 Å². The van der Waals surface area contributed by atoms with E-state index in [1.807, 2.05) is 19.1 Å². The van der Waals surface area contributed by atoms with Crippen molar-refractivity contribution in [2.45, 2.75) is 30.2 Å². The molecule has 0 aromatic heterocycles. The van der Waals surface area contributed by atoms with Crippen molar-refractivity contribution >= 4 is 21.4 Å². The van der Waals surface area contributed by atoms with Crippen molar-refractivity contribution in [1.82, 2.24) is 0 Å². The van der Waals surface area contributed by atoms with Gasteiger partial charge in [-0.15, -0.1) is 0 Å². The number of non-ortho nitro benzene ring substituents is 1. The minimum atomic E-state index is -3.79. The fourth-order valence-corrected chi connectivity index (χ4v) is 6.06. The van der Waals surface area contributed by atoms with Crippen molar-refractivity contribution < 1.29 is 18.2 Å². The average molecular weight is 388 g/mol. The van der Waals surface area contributed by atoms with Gasteiger partial charge in [-0.1, -0.05) is 17.7 Å². The summed E-state index contributed by atoms with van der Waals surface area (Å²) < 4.78 is 28.5. The van der Waals surface area contributed by atoms with Gasteiger partial charge >= 0.3 is 0 Å². The van der Waals surface area contributed by atoms with E-state index in [4.69, 9.17) is 0 Å². The van der Waals surface area contributed by atoms with Gasteiger partial charge in [-0.25, -0.2) is 8.42 Å². The largest absolute Gasteiger partial charge is 0.337 e. The molecule has 3 atom stereocenters. The molecule has 0 aliphatic carbocycles. The van der Waals surface area contributed by atoms with Crippen LogP contribution in [0.2, 0.25) is 0 Å². The number of hydrogen-bond acceptors (Lipinski definition) is 4. The van der Waals surface area contributed by atoms with Gasteiger partial charge in [-0.05, 0) is 30.7 Å². The minimum Gasteiger partial charge on any atom is -0.337 e. The number of nitrogens with zero attached hydrogens (tertiary/aromatic N) is 2. The second-order valence-electron chi connectivity index (χ2n) is 7.49. The molecule has 0 radical (unpaired) electrons. The van der Waals surface area contributed by atoms with E-state index in [1.54, 1.807) is 4.31 Å². The third-order valence-corrected chi connectivity index (χ3v) is 7.48. The molecule has 1 fully saturated rings. The standard InChI is InChI=1S/C19H21N3O4S/c1-13-3-8-18-16(11-13)17-12-20(2)10-9-19(17)21(18)27(25,26)15-6-4-14(5-7-15)22(23)24/h3-8,11,17,19H,9-10,12H2,1-2H3/p+1/t17-,19+/m0/s1. The van der Waals surface area contributed by atoms with Gasteiger partial charge in [0.05, 0.1) is 47.6 Å². The topological polar surface area (TPSA) is 85.0 Å². The third-order valence-electron chi connectivity index (χ3n) is 5.63. The van der Waals surface area contributed by atoms with Crippen LogP contribution in [0.1, 0.15) is 23.5 Å². The van der Waals surface area contributed by atoms with Gasteiger partial charge in [0, 0.05) is 18.6 Å². The molecule has 1 unspecified atom stereocenters. The summed E-state index contributed by atoms with van der Waals surface area (Å²) in [5.74, 6) is 0.168. The highest BCUT2D eigenvalue weighted by Crippen LogP contribution is 2.45. The van der Waals surface area contributed by atoms with Gasteiger partial charge < -0.3 is 4.90 Å². The first-order valence-electron chi connectivity index (χ1n) is 9.00. The zero-order valence-corrected chi connectivity index (χ0v) is 16.1. The van der Waals surface area contributed by atoms with E-state index in [1.165, 1.54) is 29.2 Å².